The van der Waals surface area contributed by atoms with Gasteiger partial charge in [-0.15, -0.1) is 0 Å². The summed E-state index contributed by atoms with van der Waals surface area (Å²) in [4.78, 5) is 32.5. The van der Waals surface area contributed by atoms with E-state index in [4.69, 9.17) is 0 Å². The molecule has 10 nitrogen and oxygen atoms in total. The Morgan fingerprint density at radius 3 is 0.662 bits per heavy atom. The smallest absolute Gasteiger partial charge is 0.197 e. The van der Waals surface area contributed by atoms with Gasteiger partial charge in [0.05, 0.1) is 100 Å². The summed E-state index contributed by atoms with van der Waals surface area (Å²) in [5.74, 6) is 3.00. The minimum atomic E-state index is -0.131. The van der Waals surface area contributed by atoms with E-state index in [1.807, 2.05) is 24.3 Å². The van der Waals surface area contributed by atoms with E-state index in [9.17, 15) is 10.5 Å². The number of pyridine rings is 2. The normalized spacial score (nSPS) is 16.8. The molecule has 0 bridgehead atoms. The highest BCUT2D eigenvalue weighted by Crippen LogP contribution is 2.55. The van der Waals surface area contributed by atoms with Gasteiger partial charge in [0.15, 0.2) is 10.9 Å². The van der Waals surface area contributed by atoms with E-state index in [1.54, 1.807) is 11.1 Å². The highest BCUT2D eigenvalue weighted by molar-refractivity contribution is 6.17. The van der Waals surface area contributed by atoms with Crippen LogP contribution in [0.25, 0.3) is 165 Å². The Balaban J connectivity index is 0.000000154. The predicted octanol–water partition coefficient (Wildman–Crippen LogP) is 35.3. The fourth-order valence-corrected chi connectivity index (χ4v) is 27.7. The highest BCUT2D eigenvalue weighted by atomic mass is 16.1. The van der Waals surface area contributed by atoms with E-state index in [1.165, 1.54) is 237 Å². The van der Waals surface area contributed by atoms with E-state index in [-0.39, 0.29) is 21.7 Å². The zero-order valence-electron chi connectivity index (χ0n) is 83.5. The van der Waals surface area contributed by atoms with Crippen molar-refractivity contribution in [2.24, 2.45) is 0 Å². The van der Waals surface area contributed by atoms with Crippen molar-refractivity contribution in [3.63, 3.8) is 0 Å². The lowest BCUT2D eigenvalue weighted by molar-refractivity contribution is 0.426. The quantitative estimate of drug-likeness (QED) is 0.113. The fourth-order valence-electron chi connectivity index (χ4n) is 27.7. The van der Waals surface area contributed by atoms with Crippen LogP contribution in [0.3, 0.4) is 0 Å². The SMILES string of the molecule is CC(C)(C)c1ccc2c(=O)c3cc4c(cc3n(-c3c(C5CCCCC5)cc(C5CCCCC5)cc3C3CCCCC3)c2c1)c(=O)c1ccc(C(C)(C)C)cc1n4-c1c(C2CCCCC2)cc(C2CCCCC2)cc1C1CCCCC1.N#Cc1c(-n2c3ccccc3c3ccccc32)c(C#N)c(-n2c3ccccc3c3ccccc32)c(-n2c3ccccc3c3ccccc32)c1-n1c2ccccc2c2ccccc21. The number of benzene rings is 14. The van der Waals surface area contributed by atoms with Gasteiger partial charge in [-0.3, -0.25) is 9.59 Å². The molecule has 0 saturated heterocycles. The maximum Gasteiger partial charge on any atom is 0.197 e. The summed E-state index contributed by atoms with van der Waals surface area (Å²) in [6.07, 6.45) is 38.1. The summed E-state index contributed by atoms with van der Waals surface area (Å²) in [5, 5.41) is 35.8. The van der Waals surface area contributed by atoms with Gasteiger partial charge in [0.25, 0.3) is 0 Å². The topological polar surface area (TPSA) is 111 Å². The van der Waals surface area contributed by atoms with Gasteiger partial charge in [-0.05, 0) is 253 Å². The van der Waals surface area contributed by atoms with Crippen LogP contribution in [0.2, 0.25) is 0 Å². The number of nitrogens with zero attached hydrogens (tertiary/aromatic N) is 8. The van der Waals surface area contributed by atoms with Gasteiger partial charge in [-0.2, -0.15) is 10.5 Å². The molecule has 10 heteroatoms. The van der Waals surface area contributed by atoms with Crippen LogP contribution in [0.15, 0.2) is 277 Å². The molecule has 6 aliphatic carbocycles. The molecule has 6 aromatic heterocycles. The number of para-hydroxylation sites is 8. The van der Waals surface area contributed by atoms with E-state index in [0.29, 0.717) is 63.7 Å². The standard InChI is InChI=1S/C76H96N2O2.C56H32N6/c1-75(2,3)57-37-39-59-67(45-57)77(71-61(51-29-17-9-18-30-51)41-55(49-25-13-7-14-26-49)42-62(71)52-31-19-10-20-32-52)69-47-66-70(48-65(69)73(59)79)78(68-46-58(76(4,5)6)38-40-60(68)74(66)80)72-63(53-33-21-11-22-34-53)43-56(50-27-15-8-16-28-50)44-64(72)54-35-23-12-24-36-54;57-33-43-53(59-45-25-9-1-17-35(45)36-18-2-10-26-46(36)59)44(34-58)55(61-49-29-13-5-21-39(49)40-22-6-14-30-50(40)61)56(62-51-31-15-7-23-41(51)42-24-8-16-32-52(42)62)54(43)60-47-27-11-3-19-37(47)38-20-4-12-28-48(38)60/h37-54H,7-36H2,1-6H3;1-32H. The molecular formula is C132H128N8O2. The number of hydrogen-bond donors (Lipinski definition) is 0. The maximum atomic E-state index is 16.2. The van der Waals surface area contributed by atoms with Gasteiger partial charge in [-0.25, -0.2) is 0 Å². The Morgan fingerprint density at radius 1 is 0.211 bits per heavy atom. The Bertz CT molecular complexity index is 8020. The fraction of sp³-hybridized carbons (Fsp3) is 0.333. The van der Waals surface area contributed by atoms with Crippen molar-refractivity contribution >= 4 is 131 Å². The second-order valence-corrected chi connectivity index (χ2v) is 45.1. The van der Waals surface area contributed by atoms with Gasteiger partial charge in [0.2, 0.25) is 0 Å². The zero-order valence-corrected chi connectivity index (χ0v) is 83.5. The Hall–Kier alpha value is -13.8. The van der Waals surface area contributed by atoms with Crippen molar-refractivity contribution in [3.8, 4) is 46.3 Å². The predicted molar refractivity (Wildman–Crippen MR) is 593 cm³/mol. The van der Waals surface area contributed by atoms with Crippen molar-refractivity contribution in [1.82, 2.24) is 27.4 Å². The average Bonchev–Trinajstić information content (AvgIpc) is 1.34. The third-order valence-electron chi connectivity index (χ3n) is 34.8. The lowest BCUT2D eigenvalue weighted by Gasteiger charge is -2.35. The molecule has 0 aliphatic heterocycles. The van der Waals surface area contributed by atoms with Crippen LogP contribution >= 0.6 is 0 Å². The van der Waals surface area contributed by atoms with Gasteiger partial charge < -0.3 is 27.4 Å². The molecule has 0 N–H and O–H groups in total. The molecule has 142 heavy (non-hydrogen) atoms. The molecule has 0 atom stereocenters. The summed E-state index contributed by atoms with van der Waals surface area (Å²) in [5.41, 5.74) is 29.1. The monoisotopic (exact) mass is 1860 g/mol. The molecular weight excluding hydrogens is 1730 g/mol. The number of fused-ring (bicyclic) bond motifs is 16. The van der Waals surface area contributed by atoms with Gasteiger partial charge in [0.1, 0.15) is 23.3 Å². The molecule has 26 rings (SSSR count). The Morgan fingerprint density at radius 2 is 0.423 bits per heavy atom. The van der Waals surface area contributed by atoms with Crippen LogP contribution < -0.4 is 10.9 Å². The number of hydrogen-bond acceptors (Lipinski definition) is 4. The molecule has 14 aromatic carbocycles. The summed E-state index contributed by atoms with van der Waals surface area (Å²) >= 11 is 0. The minimum Gasteiger partial charge on any atom is -0.308 e. The Kier molecular flexibility index (Phi) is 22.9. The number of aromatic nitrogens is 6. The van der Waals surface area contributed by atoms with Crippen LogP contribution in [-0.4, -0.2) is 27.4 Å². The molecule has 708 valence electrons. The zero-order chi connectivity index (χ0) is 95.9. The van der Waals surface area contributed by atoms with Crippen molar-refractivity contribution in [1.29, 1.82) is 10.5 Å². The van der Waals surface area contributed by atoms with E-state index in [2.05, 4.69) is 324 Å². The molecule has 0 spiro atoms. The maximum absolute atomic E-state index is 16.2. The third kappa shape index (κ3) is 14.9. The molecule has 0 amide bonds. The minimum absolute atomic E-state index is 0.0843. The second kappa shape index (κ2) is 36.3. The largest absolute Gasteiger partial charge is 0.308 e. The average molecular weight is 1860 g/mol. The highest BCUT2D eigenvalue weighted by Gasteiger charge is 2.39. The van der Waals surface area contributed by atoms with Crippen LogP contribution in [0.5, 0.6) is 0 Å². The van der Waals surface area contributed by atoms with Crippen molar-refractivity contribution < 1.29 is 0 Å². The summed E-state index contributed by atoms with van der Waals surface area (Å²) in [6.45, 7) is 13.9. The van der Waals surface area contributed by atoms with Crippen LogP contribution in [0.4, 0.5) is 0 Å². The molecule has 0 unspecified atom stereocenters. The van der Waals surface area contributed by atoms with Gasteiger partial charge in [0, 0.05) is 64.6 Å². The lowest BCUT2D eigenvalue weighted by atomic mass is 9.74. The van der Waals surface area contributed by atoms with E-state index in [0.717, 1.165) is 137 Å². The van der Waals surface area contributed by atoms with Crippen molar-refractivity contribution in [2.45, 2.75) is 281 Å². The second-order valence-electron chi connectivity index (χ2n) is 45.1. The van der Waals surface area contributed by atoms with Gasteiger partial charge >= 0.3 is 0 Å². The first kappa shape index (κ1) is 89.5. The molecule has 6 fully saturated rings. The molecule has 0 radical (unpaired) electrons. The lowest BCUT2D eigenvalue weighted by Crippen LogP contribution is -2.21. The summed E-state index contributed by atoms with van der Waals surface area (Å²) in [6, 6.07) is 102. The molecule has 6 heterocycles. The third-order valence-corrected chi connectivity index (χ3v) is 34.8. The van der Waals surface area contributed by atoms with Gasteiger partial charge in [-0.1, -0.05) is 339 Å². The number of rotatable bonds is 12. The first-order valence-corrected chi connectivity index (χ1v) is 54.1. The van der Waals surface area contributed by atoms with Crippen LogP contribution in [0.1, 0.15) is 325 Å². The molecule has 20 aromatic rings. The Labute approximate surface area is 832 Å². The number of nitriles is 2. The van der Waals surface area contributed by atoms with Crippen molar-refractivity contribution in [3.05, 3.63) is 343 Å². The van der Waals surface area contributed by atoms with E-state index >= 15 is 9.59 Å². The van der Waals surface area contributed by atoms with Crippen LogP contribution in [0, 0.1) is 22.7 Å². The molecule has 6 saturated carbocycles. The first-order valence-electron chi connectivity index (χ1n) is 54.1. The summed E-state index contributed by atoms with van der Waals surface area (Å²) in [7, 11) is 0. The van der Waals surface area contributed by atoms with Crippen molar-refractivity contribution in [2.75, 3.05) is 0 Å². The van der Waals surface area contributed by atoms with Crippen LogP contribution in [-0.2, 0) is 10.8 Å². The van der Waals surface area contributed by atoms with E-state index < -0.39 is 0 Å². The first-order chi connectivity index (χ1) is 69.6. The molecule has 6 aliphatic rings. The summed E-state index contributed by atoms with van der Waals surface area (Å²) < 4.78 is 14.3.